The molecule has 19 heavy (non-hydrogen) atoms. The average molecular weight is 346 g/mol. The van der Waals surface area contributed by atoms with Gasteiger partial charge in [-0.2, -0.15) is 0 Å². The van der Waals surface area contributed by atoms with Crippen LogP contribution in [0.15, 0.2) is 22.7 Å². The number of hydrogen-bond donors (Lipinski definition) is 1. The predicted molar refractivity (Wildman–Crippen MR) is 82.7 cm³/mol. The summed E-state index contributed by atoms with van der Waals surface area (Å²) in [6.07, 6.45) is 3.44. The van der Waals surface area contributed by atoms with Gasteiger partial charge in [0.1, 0.15) is 6.04 Å². The zero-order chi connectivity index (χ0) is 13.8. The molecule has 1 aromatic rings. The number of likely N-dealkylation sites (tertiary alicyclic amines) is 1. The Morgan fingerprint density at radius 1 is 1.37 bits per heavy atom. The number of nitrogens with zero attached hydrogens (tertiary/aromatic N) is 1. The Hall–Kier alpha value is -0.740. The third-order valence-corrected chi connectivity index (χ3v) is 4.16. The Kier molecular flexibility index (Phi) is 5.11. The summed E-state index contributed by atoms with van der Waals surface area (Å²) in [5.74, 6) is 0.149. The quantitative estimate of drug-likeness (QED) is 0.900. The summed E-state index contributed by atoms with van der Waals surface area (Å²) >= 11 is 9.53. The first-order chi connectivity index (χ1) is 9.08. The summed E-state index contributed by atoms with van der Waals surface area (Å²) in [7, 11) is 0. The number of halogens is 2. The minimum atomic E-state index is -0.259. The van der Waals surface area contributed by atoms with Crippen molar-refractivity contribution in [2.45, 2.75) is 32.2 Å². The first-order valence-electron chi connectivity index (χ1n) is 6.58. The lowest BCUT2D eigenvalue weighted by Gasteiger charge is -2.30. The van der Waals surface area contributed by atoms with Crippen LogP contribution < -0.4 is 5.32 Å². The van der Waals surface area contributed by atoms with E-state index in [-0.39, 0.29) is 11.9 Å². The molecule has 2 rings (SSSR count). The minimum Gasteiger partial charge on any atom is -0.373 e. The van der Waals surface area contributed by atoms with Gasteiger partial charge in [-0.1, -0.05) is 27.5 Å². The number of benzene rings is 1. The van der Waals surface area contributed by atoms with Gasteiger partial charge in [-0.3, -0.25) is 4.79 Å². The van der Waals surface area contributed by atoms with Crippen molar-refractivity contribution in [3.63, 3.8) is 0 Å². The molecule has 1 heterocycles. The maximum absolute atomic E-state index is 12.3. The van der Waals surface area contributed by atoms with Crippen LogP contribution in [0.5, 0.6) is 0 Å². The molecule has 1 aromatic carbocycles. The molecule has 1 saturated heterocycles. The average Bonchev–Trinajstić information content (AvgIpc) is 2.43. The maximum Gasteiger partial charge on any atom is 0.244 e. The highest BCUT2D eigenvalue weighted by molar-refractivity contribution is 9.10. The summed E-state index contributed by atoms with van der Waals surface area (Å²) in [6.45, 7) is 3.63. The van der Waals surface area contributed by atoms with Gasteiger partial charge in [0.15, 0.2) is 0 Å². The van der Waals surface area contributed by atoms with Gasteiger partial charge in [-0.05, 0) is 44.4 Å². The van der Waals surface area contributed by atoms with Gasteiger partial charge >= 0.3 is 0 Å². The molecule has 0 radical (unpaired) electrons. The van der Waals surface area contributed by atoms with Gasteiger partial charge in [0.25, 0.3) is 0 Å². The van der Waals surface area contributed by atoms with Gasteiger partial charge in [0.05, 0.1) is 10.7 Å². The van der Waals surface area contributed by atoms with Crippen molar-refractivity contribution < 1.29 is 4.79 Å². The van der Waals surface area contributed by atoms with Gasteiger partial charge in [0, 0.05) is 17.6 Å². The largest absolute Gasteiger partial charge is 0.373 e. The van der Waals surface area contributed by atoms with Crippen molar-refractivity contribution in [2.24, 2.45) is 0 Å². The van der Waals surface area contributed by atoms with Crippen LogP contribution in [0.2, 0.25) is 5.02 Å². The first kappa shape index (κ1) is 14.7. The molecule has 0 spiro atoms. The lowest BCUT2D eigenvalue weighted by molar-refractivity contribution is -0.132. The standard InChI is InChI=1S/C14H18BrClN2O/c1-10(14(19)18-7-3-2-4-8-18)17-13-9-11(15)5-6-12(13)16/h5-6,9-10,17H,2-4,7-8H2,1H3. The highest BCUT2D eigenvalue weighted by Crippen LogP contribution is 2.26. The van der Waals surface area contributed by atoms with E-state index in [2.05, 4.69) is 21.2 Å². The van der Waals surface area contributed by atoms with E-state index in [4.69, 9.17) is 11.6 Å². The van der Waals surface area contributed by atoms with Gasteiger partial charge in [0.2, 0.25) is 5.91 Å². The predicted octanol–water partition coefficient (Wildman–Crippen LogP) is 3.92. The maximum atomic E-state index is 12.3. The third-order valence-electron chi connectivity index (χ3n) is 3.34. The Balaban J connectivity index is 2.01. The number of piperidine rings is 1. The molecule has 1 N–H and O–H groups in total. The van der Waals surface area contributed by atoms with Crippen LogP contribution in [0, 0.1) is 0 Å². The third kappa shape index (κ3) is 3.86. The molecule has 104 valence electrons. The van der Waals surface area contributed by atoms with Crippen LogP contribution in [-0.2, 0) is 4.79 Å². The van der Waals surface area contributed by atoms with E-state index in [0.29, 0.717) is 5.02 Å². The Morgan fingerprint density at radius 2 is 2.05 bits per heavy atom. The van der Waals surface area contributed by atoms with Gasteiger partial charge in [-0.15, -0.1) is 0 Å². The second kappa shape index (κ2) is 6.62. The minimum absolute atomic E-state index is 0.149. The van der Waals surface area contributed by atoms with Crippen molar-refractivity contribution >= 4 is 39.1 Å². The molecule has 1 fully saturated rings. The number of hydrogen-bond acceptors (Lipinski definition) is 2. The van der Waals surface area contributed by atoms with Crippen LogP contribution in [0.25, 0.3) is 0 Å². The second-order valence-electron chi connectivity index (χ2n) is 4.88. The van der Waals surface area contributed by atoms with E-state index in [9.17, 15) is 4.79 Å². The molecule has 5 heteroatoms. The molecular weight excluding hydrogens is 328 g/mol. The fourth-order valence-electron chi connectivity index (χ4n) is 2.29. The first-order valence-corrected chi connectivity index (χ1v) is 7.75. The van der Waals surface area contributed by atoms with Crippen molar-refractivity contribution in [3.8, 4) is 0 Å². The second-order valence-corrected chi connectivity index (χ2v) is 6.20. The molecule has 1 aliphatic heterocycles. The molecule has 0 aliphatic carbocycles. The number of nitrogens with one attached hydrogen (secondary N) is 1. The summed E-state index contributed by atoms with van der Waals surface area (Å²) < 4.78 is 0.942. The van der Waals surface area contributed by atoms with Gasteiger partial charge in [-0.25, -0.2) is 0 Å². The number of anilines is 1. The lowest BCUT2D eigenvalue weighted by Crippen LogP contribution is -2.43. The monoisotopic (exact) mass is 344 g/mol. The normalized spacial score (nSPS) is 17.1. The van der Waals surface area contributed by atoms with Gasteiger partial charge < -0.3 is 10.2 Å². The van der Waals surface area contributed by atoms with Crippen LogP contribution in [0.4, 0.5) is 5.69 Å². The van der Waals surface area contributed by atoms with E-state index < -0.39 is 0 Å². The molecular formula is C14H18BrClN2O. The molecule has 1 unspecified atom stereocenters. The Morgan fingerprint density at radius 3 is 2.74 bits per heavy atom. The molecule has 0 saturated carbocycles. The molecule has 1 atom stereocenters. The number of carbonyl (C=O) groups is 1. The summed E-state index contributed by atoms with van der Waals surface area (Å²) in [6, 6.07) is 5.32. The van der Waals surface area contributed by atoms with Crippen molar-refractivity contribution in [1.29, 1.82) is 0 Å². The number of rotatable bonds is 3. The number of carbonyl (C=O) groups excluding carboxylic acids is 1. The van der Waals surface area contributed by atoms with E-state index in [1.807, 2.05) is 30.0 Å². The van der Waals surface area contributed by atoms with E-state index in [1.165, 1.54) is 6.42 Å². The highest BCUT2D eigenvalue weighted by atomic mass is 79.9. The smallest absolute Gasteiger partial charge is 0.244 e. The molecule has 0 bridgehead atoms. The van der Waals surface area contributed by atoms with Crippen molar-refractivity contribution in [2.75, 3.05) is 18.4 Å². The fraction of sp³-hybridized carbons (Fsp3) is 0.500. The van der Waals surface area contributed by atoms with Crippen LogP contribution in [0.1, 0.15) is 26.2 Å². The van der Waals surface area contributed by atoms with Crippen molar-refractivity contribution in [3.05, 3.63) is 27.7 Å². The van der Waals surface area contributed by atoms with E-state index in [1.54, 1.807) is 0 Å². The van der Waals surface area contributed by atoms with E-state index in [0.717, 1.165) is 36.1 Å². The fourth-order valence-corrected chi connectivity index (χ4v) is 2.82. The Labute approximate surface area is 127 Å². The zero-order valence-electron chi connectivity index (χ0n) is 11.0. The molecule has 1 aliphatic rings. The SMILES string of the molecule is CC(Nc1cc(Br)ccc1Cl)C(=O)N1CCCCC1. The molecule has 1 amide bonds. The zero-order valence-corrected chi connectivity index (χ0v) is 13.3. The lowest BCUT2D eigenvalue weighted by atomic mass is 10.1. The highest BCUT2D eigenvalue weighted by Gasteiger charge is 2.22. The summed E-state index contributed by atoms with van der Waals surface area (Å²) in [5.41, 5.74) is 0.786. The Bertz CT molecular complexity index is 461. The van der Waals surface area contributed by atoms with Crippen LogP contribution >= 0.6 is 27.5 Å². The van der Waals surface area contributed by atoms with Crippen LogP contribution in [-0.4, -0.2) is 29.9 Å². The van der Waals surface area contributed by atoms with Crippen LogP contribution in [0.3, 0.4) is 0 Å². The number of amides is 1. The molecule has 3 nitrogen and oxygen atoms in total. The topological polar surface area (TPSA) is 32.3 Å². The van der Waals surface area contributed by atoms with Crippen molar-refractivity contribution in [1.82, 2.24) is 4.90 Å². The van der Waals surface area contributed by atoms with E-state index >= 15 is 0 Å². The summed E-state index contributed by atoms with van der Waals surface area (Å²) in [5, 5.41) is 3.82. The summed E-state index contributed by atoms with van der Waals surface area (Å²) in [4.78, 5) is 14.2. The molecule has 0 aromatic heterocycles.